The first-order valence-electron chi connectivity index (χ1n) is 23.3. The Balaban J connectivity index is 1.54. The molecule has 0 bridgehead atoms. The number of rotatable bonds is 17. The number of aromatic nitrogens is 2. The highest BCUT2D eigenvalue weighted by Gasteiger charge is 2.53. The van der Waals surface area contributed by atoms with E-state index >= 15 is 4.79 Å². The second-order valence-electron chi connectivity index (χ2n) is 17.5. The predicted molar refractivity (Wildman–Crippen MR) is 275 cm³/mol. The average molecular weight is 986 g/mol. The molecule has 0 aliphatic carbocycles. The normalized spacial score (nSPS) is 16.0. The molecule has 8 aromatic rings. The summed E-state index contributed by atoms with van der Waals surface area (Å²) in [6.45, 7) is 1.33. The summed E-state index contributed by atoms with van der Waals surface area (Å²) in [6, 6.07) is 56.0. The SMILES string of the molecule is COc1ccc(C(c2ccccc2)(c2ccc(OC)cc2)c2c(N)nc(=O)n([C@@H]3O[C@H](CO)C[C@@H]3OS(=O)(=O)c3ccc(C)cc3)c2C(c2ccccc2)(c2ccc(OC)cc2)c2ccc(OC)cc2)cc1. The van der Waals surface area contributed by atoms with Crippen molar-refractivity contribution in [3.8, 4) is 23.0 Å². The van der Waals surface area contributed by atoms with Gasteiger partial charge in [-0.05, 0) is 101 Å². The van der Waals surface area contributed by atoms with Gasteiger partial charge in [-0.1, -0.05) is 127 Å². The third-order valence-corrected chi connectivity index (χ3v) is 14.9. The molecule has 72 heavy (non-hydrogen) atoms. The van der Waals surface area contributed by atoms with Gasteiger partial charge in [0.2, 0.25) is 0 Å². The number of aliphatic hydroxyl groups excluding tert-OH is 1. The highest BCUT2D eigenvalue weighted by molar-refractivity contribution is 7.86. The number of nitrogens with zero attached hydrogens (tertiary/aromatic N) is 2. The minimum absolute atomic E-state index is 0.0970. The molecule has 0 radical (unpaired) electrons. The summed E-state index contributed by atoms with van der Waals surface area (Å²) >= 11 is 0. The van der Waals surface area contributed by atoms with Gasteiger partial charge in [-0.15, -0.1) is 0 Å². The topological polar surface area (TPSA) is 171 Å². The van der Waals surface area contributed by atoms with Crippen LogP contribution in [0.3, 0.4) is 0 Å². The molecule has 0 unspecified atom stereocenters. The van der Waals surface area contributed by atoms with E-state index in [0.29, 0.717) is 56.4 Å². The molecule has 9 rings (SSSR count). The highest BCUT2D eigenvalue weighted by atomic mass is 32.2. The zero-order chi connectivity index (χ0) is 50.6. The first-order chi connectivity index (χ1) is 34.9. The number of anilines is 1. The van der Waals surface area contributed by atoms with Crippen molar-refractivity contribution in [1.82, 2.24) is 9.55 Å². The molecule has 1 aliphatic heterocycles. The molecule has 1 aromatic heterocycles. The summed E-state index contributed by atoms with van der Waals surface area (Å²) < 4.78 is 66.3. The third-order valence-electron chi connectivity index (χ3n) is 13.6. The van der Waals surface area contributed by atoms with E-state index in [9.17, 15) is 13.5 Å². The van der Waals surface area contributed by atoms with E-state index in [1.807, 2.05) is 165 Å². The van der Waals surface area contributed by atoms with Crippen molar-refractivity contribution in [1.29, 1.82) is 0 Å². The average Bonchev–Trinajstić information content (AvgIpc) is 3.82. The fourth-order valence-electron chi connectivity index (χ4n) is 10.2. The van der Waals surface area contributed by atoms with Crippen LogP contribution in [0.5, 0.6) is 23.0 Å². The summed E-state index contributed by atoms with van der Waals surface area (Å²) in [5, 5.41) is 10.9. The number of hydrogen-bond donors (Lipinski definition) is 2. The van der Waals surface area contributed by atoms with Crippen molar-refractivity contribution in [2.75, 3.05) is 40.8 Å². The lowest BCUT2D eigenvalue weighted by molar-refractivity contribution is -0.0492. The molecular weight excluding hydrogens is 931 g/mol. The van der Waals surface area contributed by atoms with Crippen LogP contribution in [0.25, 0.3) is 0 Å². The van der Waals surface area contributed by atoms with Crippen molar-refractivity contribution in [3.05, 3.63) is 243 Å². The van der Waals surface area contributed by atoms with Gasteiger partial charge in [-0.25, -0.2) is 4.79 Å². The second kappa shape index (κ2) is 20.5. The molecule has 7 aromatic carbocycles. The summed E-state index contributed by atoms with van der Waals surface area (Å²) in [5.74, 6) is 2.18. The van der Waals surface area contributed by atoms with Crippen LogP contribution in [-0.2, 0) is 29.9 Å². The van der Waals surface area contributed by atoms with Gasteiger partial charge in [-0.2, -0.15) is 13.4 Å². The van der Waals surface area contributed by atoms with Crippen LogP contribution >= 0.6 is 0 Å². The quantitative estimate of drug-likeness (QED) is 0.0657. The molecule has 1 aliphatic rings. The van der Waals surface area contributed by atoms with Crippen LogP contribution < -0.4 is 30.4 Å². The largest absolute Gasteiger partial charge is 0.497 e. The van der Waals surface area contributed by atoms with Crippen LogP contribution in [-0.4, -0.2) is 70.3 Å². The fraction of sp³-hybridized carbons (Fsp3) is 0.207. The summed E-state index contributed by atoms with van der Waals surface area (Å²) in [4.78, 5) is 20.4. The minimum Gasteiger partial charge on any atom is -0.497 e. The van der Waals surface area contributed by atoms with E-state index in [1.165, 1.54) is 16.7 Å². The summed E-state index contributed by atoms with van der Waals surface area (Å²) in [5.41, 5.74) is 9.15. The maximum atomic E-state index is 15.8. The maximum absolute atomic E-state index is 15.8. The molecule has 13 nitrogen and oxygen atoms in total. The molecular formula is C58H55N3O10S. The van der Waals surface area contributed by atoms with Crippen LogP contribution in [0.4, 0.5) is 5.82 Å². The lowest BCUT2D eigenvalue weighted by Gasteiger charge is -2.45. The van der Waals surface area contributed by atoms with E-state index in [1.54, 1.807) is 40.6 Å². The van der Waals surface area contributed by atoms with Gasteiger partial charge in [0, 0.05) is 12.0 Å². The standard InChI is InChI=1S/C58H55N3O10S/c1-38-16-34-50(35-17-38)72(64,65)71-51-36-49(37-62)70-55(51)61-53(58(40-14-10-7-11-15-40,43-22-30-47(68-4)31-23-43)44-24-32-48(69-5)33-25-44)52(54(59)60-56(61)63)57(39-12-8-6-9-13-39,41-18-26-45(66-2)27-19-41)42-20-28-46(67-3)29-21-42/h6-35,49,51,55,62H,36-37H2,1-5H3,(H2,59,60,63)/t49-,51-,55+/m0/s1. The van der Waals surface area contributed by atoms with E-state index < -0.39 is 51.7 Å². The number of nitrogen functional groups attached to an aromatic ring is 1. The van der Waals surface area contributed by atoms with E-state index in [-0.39, 0.29) is 22.8 Å². The molecule has 3 N–H and O–H groups in total. The zero-order valence-corrected chi connectivity index (χ0v) is 41.3. The molecule has 2 heterocycles. The lowest BCUT2D eigenvalue weighted by Crippen LogP contribution is -2.48. The zero-order valence-electron chi connectivity index (χ0n) is 40.5. The van der Waals surface area contributed by atoms with Crippen LogP contribution in [0, 0.1) is 6.92 Å². The molecule has 368 valence electrons. The minimum atomic E-state index is -4.53. The van der Waals surface area contributed by atoms with Crippen LogP contribution in [0.15, 0.2) is 192 Å². The van der Waals surface area contributed by atoms with Gasteiger partial charge in [0.1, 0.15) is 34.9 Å². The first kappa shape index (κ1) is 49.2. The van der Waals surface area contributed by atoms with Crippen LogP contribution in [0.2, 0.25) is 0 Å². The maximum Gasteiger partial charge on any atom is 0.352 e. The smallest absolute Gasteiger partial charge is 0.352 e. The van der Waals surface area contributed by atoms with E-state index in [4.69, 9.17) is 38.6 Å². The van der Waals surface area contributed by atoms with E-state index in [0.717, 1.165) is 11.1 Å². The monoisotopic (exact) mass is 985 g/mol. The Morgan fingerprint density at radius 1 is 0.597 bits per heavy atom. The molecule has 14 heteroatoms. The number of aliphatic hydroxyl groups is 1. The summed E-state index contributed by atoms with van der Waals surface area (Å²) in [7, 11) is 1.82. The van der Waals surface area contributed by atoms with Gasteiger partial charge >= 0.3 is 5.69 Å². The first-order valence-corrected chi connectivity index (χ1v) is 24.7. The van der Waals surface area contributed by atoms with Crippen molar-refractivity contribution < 1.29 is 41.4 Å². The van der Waals surface area contributed by atoms with Crippen molar-refractivity contribution >= 4 is 15.9 Å². The molecule has 1 fully saturated rings. The number of aryl methyl sites for hydroxylation is 1. The lowest BCUT2D eigenvalue weighted by atomic mass is 9.59. The number of hydrogen-bond acceptors (Lipinski definition) is 12. The Morgan fingerprint density at radius 3 is 1.39 bits per heavy atom. The number of methoxy groups -OCH3 is 4. The Hall–Kier alpha value is -7.75. The second-order valence-corrected chi connectivity index (χ2v) is 19.1. The van der Waals surface area contributed by atoms with Crippen molar-refractivity contribution in [2.45, 2.75) is 47.5 Å². The fourth-order valence-corrected chi connectivity index (χ4v) is 11.3. The van der Waals surface area contributed by atoms with Gasteiger partial charge in [0.25, 0.3) is 10.1 Å². The van der Waals surface area contributed by atoms with E-state index in [2.05, 4.69) is 0 Å². The van der Waals surface area contributed by atoms with Gasteiger partial charge < -0.3 is 34.5 Å². The van der Waals surface area contributed by atoms with Gasteiger partial charge in [0.15, 0.2) is 6.23 Å². The third kappa shape index (κ3) is 8.76. The van der Waals surface area contributed by atoms with Gasteiger partial charge in [-0.3, -0.25) is 8.75 Å². The Labute approximate surface area is 419 Å². The summed E-state index contributed by atoms with van der Waals surface area (Å²) in [6.07, 6.45) is -4.04. The molecule has 1 saturated heterocycles. The number of ether oxygens (including phenoxy) is 5. The van der Waals surface area contributed by atoms with Crippen molar-refractivity contribution in [3.63, 3.8) is 0 Å². The van der Waals surface area contributed by atoms with Crippen molar-refractivity contribution in [2.24, 2.45) is 0 Å². The Kier molecular flexibility index (Phi) is 14.0. The highest BCUT2D eigenvalue weighted by Crippen LogP contribution is 2.56. The predicted octanol–water partition coefficient (Wildman–Crippen LogP) is 8.99. The Morgan fingerprint density at radius 2 is 0.986 bits per heavy atom. The number of benzene rings is 7. The molecule has 0 amide bonds. The number of nitrogens with two attached hydrogens (primary N) is 1. The van der Waals surface area contributed by atoms with Crippen LogP contribution in [0.1, 0.15) is 62.9 Å². The molecule has 3 atom stereocenters. The van der Waals surface area contributed by atoms with Gasteiger partial charge in [0.05, 0.1) is 62.6 Å². The molecule has 0 saturated carbocycles. The Bertz CT molecular complexity index is 3200. The molecule has 0 spiro atoms.